The van der Waals surface area contributed by atoms with Gasteiger partial charge in [-0.05, 0) is 49.1 Å². The van der Waals surface area contributed by atoms with E-state index in [1.54, 1.807) is 0 Å². The van der Waals surface area contributed by atoms with Crippen LogP contribution in [0.25, 0.3) is 11.0 Å². The summed E-state index contributed by atoms with van der Waals surface area (Å²) in [6.45, 7) is 5.53. The van der Waals surface area contributed by atoms with Crippen LogP contribution in [0.3, 0.4) is 0 Å². The number of carbonyl (C=O) groups excluding carboxylic acids is 1. The normalized spacial score (nSPS) is 17.7. The molecule has 0 radical (unpaired) electrons. The molecular weight excluding hydrogens is 404 g/mol. The summed E-state index contributed by atoms with van der Waals surface area (Å²) in [6, 6.07) is 14.1. The third-order valence-electron chi connectivity index (χ3n) is 6.35. The molecule has 168 valence electrons. The van der Waals surface area contributed by atoms with Gasteiger partial charge in [0, 0.05) is 26.2 Å². The number of benzene rings is 2. The van der Waals surface area contributed by atoms with E-state index < -0.39 is 0 Å². The Kier molecular flexibility index (Phi) is 5.88. The summed E-state index contributed by atoms with van der Waals surface area (Å²) in [5.74, 6) is 2.55. The van der Waals surface area contributed by atoms with Crippen LogP contribution in [0.5, 0.6) is 11.5 Å². The summed E-state index contributed by atoms with van der Waals surface area (Å²) in [6.07, 6.45) is 4.13. The summed E-state index contributed by atoms with van der Waals surface area (Å²) in [5.41, 5.74) is 3.20. The lowest BCUT2D eigenvalue weighted by Crippen LogP contribution is -2.43. The molecule has 1 fully saturated rings. The molecule has 2 aliphatic rings. The molecule has 0 spiro atoms. The summed E-state index contributed by atoms with van der Waals surface area (Å²) in [5, 5.41) is 3.12. The van der Waals surface area contributed by atoms with Crippen LogP contribution >= 0.6 is 0 Å². The lowest BCUT2D eigenvalue weighted by molar-refractivity contribution is -0.125. The fraction of sp³-hybridized carbons (Fsp3) is 0.440. The average molecular weight is 435 g/mol. The molecule has 2 aromatic carbocycles. The summed E-state index contributed by atoms with van der Waals surface area (Å²) in [7, 11) is 0. The van der Waals surface area contributed by atoms with Crippen molar-refractivity contribution in [2.75, 3.05) is 24.8 Å². The Morgan fingerprint density at radius 1 is 1.19 bits per heavy atom. The molecule has 0 bridgehead atoms. The van der Waals surface area contributed by atoms with Crippen molar-refractivity contribution in [3.05, 3.63) is 48.0 Å². The Labute approximate surface area is 188 Å². The molecule has 3 heterocycles. The smallest absolute Gasteiger partial charge is 0.231 e. The highest BCUT2D eigenvalue weighted by Crippen LogP contribution is 2.32. The molecule has 3 aromatic rings. The number of ether oxygens (including phenoxy) is 2. The number of rotatable bonds is 7. The average Bonchev–Trinajstić information content (AvgIpc) is 3.45. The van der Waals surface area contributed by atoms with Crippen LogP contribution in [-0.2, 0) is 17.9 Å². The lowest BCUT2D eigenvalue weighted by Gasteiger charge is -2.33. The minimum atomic E-state index is -0.0443. The number of anilines is 1. The molecule has 0 saturated carbocycles. The first-order valence-electron chi connectivity index (χ1n) is 11.6. The number of nitrogens with zero attached hydrogens (tertiary/aromatic N) is 3. The molecule has 7 nitrogen and oxygen atoms in total. The fourth-order valence-corrected chi connectivity index (χ4v) is 4.60. The minimum Gasteiger partial charge on any atom is -0.454 e. The van der Waals surface area contributed by atoms with Crippen LogP contribution in [0, 0.1) is 5.92 Å². The van der Waals surface area contributed by atoms with Crippen molar-refractivity contribution in [1.82, 2.24) is 14.9 Å². The van der Waals surface area contributed by atoms with Gasteiger partial charge >= 0.3 is 0 Å². The van der Waals surface area contributed by atoms with E-state index in [2.05, 4.69) is 39.9 Å². The Hall–Kier alpha value is -3.22. The quantitative estimate of drug-likeness (QED) is 0.606. The zero-order valence-corrected chi connectivity index (χ0v) is 18.5. The maximum Gasteiger partial charge on any atom is 0.231 e. The molecule has 1 N–H and O–H groups in total. The summed E-state index contributed by atoms with van der Waals surface area (Å²) >= 11 is 0. The number of piperidine rings is 1. The molecule has 0 unspecified atom stereocenters. The number of nitrogens with one attached hydrogen (secondary N) is 1. The van der Waals surface area contributed by atoms with Crippen molar-refractivity contribution in [1.29, 1.82) is 0 Å². The van der Waals surface area contributed by atoms with Gasteiger partial charge in [0.1, 0.15) is 0 Å². The number of imidazole rings is 1. The van der Waals surface area contributed by atoms with Crippen molar-refractivity contribution in [2.45, 2.75) is 45.7 Å². The van der Waals surface area contributed by atoms with E-state index in [1.807, 2.05) is 24.3 Å². The van der Waals surface area contributed by atoms with Gasteiger partial charge in [-0.25, -0.2) is 4.98 Å². The number of fused-ring (bicyclic) bond motifs is 2. The van der Waals surface area contributed by atoms with E-state index in [0.717, 1.165) is 67.3 Å². The van der Waals surface area contributed by atoms with Crippen LogP contribution in [0.4, 0.5) is 5.95 Å². The Morgan fingerprint density at radius 3 is 2.97 bits per heavy atom. The maximum atomic E-state index is 13.0. The largest absolute Gasteiger partial charge is 0.454 e. The highest BCUT2D eigenvalue weighted by atomic mass is 16.7. The predicted molar refractivity (Wildman–Crippen MR) is 124 cm³/mol. The van der Waals surface area contributed by atoms with E-state index in [-0.39, 0.29) is 18.6 Å². The molecule has 7 heteroatoms. The zero-order chi connectivity index (χ0) is 21.9. The molecule has 0 aliphatic carbocycles. The Morgan fingerprint density at radius 2 is 2.06 bits per heavy atom. The third-order valence-corrected chi connectivity index (χ3v) is 6.35. The maximum absolute atomic E-state index is 13.0. The van der Waals surface area contributed by atoms with Gasteiger partial charge in [0.05, 0.1) is 17.0 Å². The molecule has 1 amide bonds. The van der Waals surface area contributed by atoms with Crippen molar-refractivity contribution >= 4 is 22.9 Å². The Bertz CT molecular complexity index is 1110. The van der Waals surface area contributed by atoms with Gasteiger partial charge in [0.15, 0.2) is 11.5 Å². The van der Waals surface area contributed by atoms with E-state index >= 15 is 0 Å². The lowest BCUT2D eigenvalue weighted by atomic mass is 9.97. The van der Waals surface area contributed by atoms with Gasteiger partial charge in [-0.15, -0.1) is 0 Å². The van der Waals surface area contributed by atoms with Crippen LogP contribution in [-0.4, -0.2) is 35.3 Å². The molecule has 1 aromatic heterocycles. The fourth-order valence-electron chi connectivity index (χ4n) is 4.60. The summed E-state index contributed by atoms with van der Waals surface area (Å²) in [4.78, 5) is 20.2. The summed E-state index contributed by atoms with van der Waals surface area (Å²) < 4.78 is 13.1. The number of hydrogen-bond acceptors (Lipinski definition) is 5. The third kappa shape index (κ3) is 4.11. The molecule has 5 rings (SSSR count). The van der Waals surface area contributed by atoms with E-state index in [0.29, 0.717) is 13.1 Å². The van der Waals surface area contributed by atoms with Crippen molar-refractivity contribution in [3.8, 4) is 11.5 Å². The minimum absolute atomic E-state index is 0.0443. The van der Waals surface area contributed by atoms with Crippen LogP contribution in [0.1, 0.15) is 38.2 Å². The second kappa shape index (κ2) is 9.10. The number of amides is 1. The van der Waals surface area contributed by atoms with Crippen molar-refractivity contribution in [3.63, 3.8) is 0 Å². The van der Waals surface area contributed by atoms with Gasteiger partial charge in [0.2, 0.25) is 18.6 Å². The van der Waals surface area contributed by atoms with Gasteiger partial charge in [-0.2, -0.15) is 0 Å². The molecule has 1 atom stereocenters. The number of carbonyl (C=O) groups is 1. The Balaban J connectivity index is 1.27. The number of aryl methyl sites for hydroxylation is 1. The van der Waals surface area contributed by atoms with Gasteiger partial charge in [0.25, 0.3) is 0 Å². The number of unbranched alkanes of at least 4 members (excludes halogenated alkanes) is 1. The van der Waals surface area contributed by atoms with Crippen LogP contribution in [0.15, 0.2) is 42.5 Å². The topological polar surface area (TPSA) is 68.6 Å². The van der Waals surface area contributed by atoms with Gasteiger partial charge < -0.3 is 24.3 Å². The van der Waals surface area contributed by atoms with E-state index in [1.165, 1.54) is 5.52 Å². The first-order valence-corrected chi connectivity index (χ1v) is 11.6. The van der Waals surface area contributed by atoms with Gasteiger partial charge in [-0.1, -0.05) is 31.5 Å². The number of para-hydroxylation sites is 2. The van der Waals surface area contributed by atoms with E-state index in [9.17, 15) is 4.79 Å². The first-order chi connectivity index (χ1) is 15.7. The number of aromatic nitrogens is 2. The molecule has 32 heavy (non-hydrogen) atoms. The second-order valence-corrected chi connectivity index (χ2v) is 8.60. The predicted octanol–water partition coefficient (Wildman–Crippen LogP) is 4.10. The SMILES string of the molecule is CCCCn1c(N2CCC[C@H](C(=O)NCc3ccc4c(c3)OCO4)C2)nc2ccccc21. The van der Waals surface area contributed by atoms with Crippen LogP contribution < -0.4 is 19.7 Å². The van der Waals surface area contributed by atoms with Crippen molar-refractivity contribution < 1.29 is 14.3 Å². The first kappa shape index (κ1) is 20.7. The van der Waals surface area contributed by atoms with Crippen LogP contribution in [0.2, 0.25) is 0 Å². The monoisotopic (exact) mass is 434 g/mol. The van der Waals surface area contributed by atoms with Crippen molar-refractivity contribution in [2.24, 2.45) is 5.92 Å². The standard InChI is InChI=1S/C25H30N4O3/c1-2-3-13-29-21-9-5-4-8-20(21)27-25(29)28-12-6-7-19(16-28)24(30)26-15-18-10-11-22-23(14-18)32-17-31-22/h4-5,8-11,14,19H,2-3,6-7,12-13,15-17H2,1H3,(H,26,30)/t19-/m0/s1. The molecular formula is C25H30N4O3. The van der Waals surface area contributed by atoms with Gasteiger partial charge in [-0.3, -0.25) is 4.79 Å². The molecule has 2 aliphatic heterocycles. The molecule has 1 saturated heterocycles. The zero-order valence-electron chi connectivity index (χ0n) is 18.5. The number of hydrogen-bond donors (Lipinski definition) is 1. The highest BCUT2D eigenvalue weighted by molar-refractivity contribution is 5.81. The highest BCUT2D eigenvalue weighted by Gasteiger charge is 2.28. The second-order valence-electron chi connectivity index (χ2n) is 8.60. The van der Waals surface area contributed by atoms with E-state index in [4.69, 9.17) is 14.5 Å².